The molecular formula is C27H34N2O. The van der Waals surface area contributed by atoms with Crippen molar-refractivity contribution in [2.24, 2.45) is 11.3 Å². The van der Waals surface area contributed by atoms with E-state index in [0.29, 0.717) is 11.8 Å². The number of nitrogens with one attached hydrogen (secondary N) is 1. The molecular weight excluding hydrogens is 368 g/mol. The van der Waals surface area contributed by atoms with Gasteiger partial charge < -0.3 is 5.32 Å². The van der Waals surface area contributed by atoms with E-state index in [4.69, 9.17) is 0 Å². The second-order valence-electron chi connectivity index (χ2n) is 11.4. The van der Waals surface area contributed by atoms with Gasteiger partial charge in [-0.1, -0.05) is 49.3 Å². The number of rotatable bonds is 2. The van der Waals surface area contributed by atoms with Crippen molar-refractivity contribution in [1.29, 1.82) is 0 Å². The summed E-state index contributed by atoms with van der Waals surface area (Å²) < 4.78 is 0. The fourth-order valence-electron chi connectivity index (χ4n) is 7.79. The van der Waals surface area contributed by atoms with Gasteiger partial charge in [-0.05, 0) is 92.5 Å². The number of piperidine rings is 2. The molecule has 2 unspecified atom stereocenters. The van der Waals surface area contributed by atoms with Crippen molar-refractivity contribution >= 4 is 11.5 Å². The van der Waals surface area contributed by atoms with Crippen LogP contribution >= 0.6 is 0 Å². The summed E-state index contributed by atoms with van der Waals surface area (Å²) in [6.07, 6.45) is 8.74. The van der Waals surface area contributed by atoms with Crippen molar-refractivity contribution in [3.8, 4) is 0 Å². The molecule has 2 spiro atoms. The average molecular weight is 403 g/mol. The molecule has 1 aromatic rings. The van der Waals surface area contributed by atoms with Crippen LogP contribution in [0.1, 0.15) is 70.1 Å². The Labute approximate surface area is 180 Å². The van der Waals surface area contributed by atoms with Crippen molar-refractivity contribution in [3.63, 3.8) is 0 Å². The van der Waals surface area contributed by atoms with Crippen LogP contribution in [0.15, 0.2) is 35.4 Å². The molecule has 0 radical (unpaired) electrons. The maximum absolute atomic E-state index is 13.3. The SMILES string of the molecule is CC(C)=CCc1cccc2c1CC1=C2CC23CN4CCCC4(C[C@H]2C1(C)C)C(=O)N3. The zero-order chi connectivity index (χ0) is 20.9. The van der Waals surface area contributed by atoms with Gasteiger partial charge in [0.15, 0.2) is 0 Å². The molecule has 4 saturated heterocycles. The monoisotopic (exact) mass is 402 g/mol. The lowest BCUT2D eigenvalue weighted by Gasteiger charge is -2.66. The van der Waals surface area contributed by atoms with Crippen molar-refractivity contribution in [1.82, 2.24) is 10.2 Å². The molecule has 2 aliphatic carbocycles. The molecule has 0 saturated carbocycles. The standard InChI is InChI=1S/C27H34N2O/c1-17(2)9-10-18-7-5-8-19-20(18)13-22-21(19)14-26-16-29-12-6-11-27(29,24(30)28-26)15-23(26)25(22,3)4/h5,7-9,23H,6,10-16H2,1-4H3,(H,28,30)/t23-,26?,27?/m0/s1. The van der Waals surface area contributed by atoms with E-state index in [1.54, 1.807) is 16.7 Å². The van der Waals surface area contributed by atoms with Gasteiger partial charge in [0.1, 0.15) is 5.54 Å². The average Bonchev–Trinajstić information content (AvgIpc) is 3.28. The smallest absolute Gasteiger partial charge is 0.241 e. The molecule has 7 rings (SSSR count). The minimum atomic E-state index is -0.220. The molecule has 3 heteroatoms. The topological polar surface area (TPSA) is 32.3 Å². The van der Waals surface area contributed by atoms with Gasteiger partial charge in [0.2, 0.25) is 5.91 Å². The molecule has 158 valence electrons. The predicted octanol–water partition coefficient (Wildman–Crippen LogP) is 4.66. The summed E-state index contributed by atoms with van der Waals surface area (Å²) in [5, 5.41) is 3.62. The van der Waals surface area contributed by atoms with Crippen LogP contribution in [0.4, 0.5) is 0 Å². The number of nitrogens with zero attached hydrogens (tertiary/aromatic N) is 1. The Kier molecular flexibility index (Phi) is 3.70. The first-order valence-corrected chi connectivity index (χ1v) is 11.8. The van der Waals surface area contributed by atoms with E-state index < -0.39 is 0 Å². The lowest BCUT2D eigenvalue weighted by atomic mass is 9.50. The minimum absolute atomic E-state index is 0.0942. The molecule has 4 aliphatic heterocycles. The summed E-state index contributed by atoms with van der Waals surface area (Å²) in [4.78, 5) is 15.8. The highest BCUT2D eigenvalue weighted by Gasteiger charge is 2.68. The van der Waals surface area contributed by atoms with E-state index in [-0.39, 0.29) is 16.5 Å². The molecule has 4 heterocycles. The van der Waals surface area contributed by atoms with Crippen molar-refractivity contribution < 1.29 is 4.79 Å². The predicted molar refractivity (Wildman–Crippen MR) is 121 cm³/mol. The Morgan fingerprint density at radius 2 is 2.13 bits per heavy atom. The van der Waals surface area contributed by atoms with Crippen LogP contribution in [-0.4, -0.2) is 35.0 Å². The zero-order valence-corrected chi connectivity index (χ0v) is 18.9. The summed E-state index contributed by atoms with van der Waals surface area (Å²) >= 11 is 0. The van der Waals surface area contributed by atoms with Gasteiger partial charge in [0.25, 0.3) is 0 Å². The van der Waals surface area contributed by atoms with Crippen LogP contribution < -0.4 is 5.32 Å². The molecule has 6 aliphatic rings. The normalized spacial score (nSPS) is 35.5. The van der Waals surface area contributed by atoms with Crippen LogP contribution in [-0.2, 0) is 17.6 Å². The third-order valence-corrected chi connectivity index (χ3v) is 9.28. The second-order valence-corrected chi connectivity index (χ2v) is 11.4. The molecule has 2 bridgehead atoms. The first-order valence-electron chi connectivity index (χ1n) is 11.8. The van der Waals surface area contributed by atoms with Gasteiger partial charge in [0, 0.05) is 6.54 Å². The Hall–Kier alpha value is -1.87. The number of carbonyl (C=O) groups is 1. The number of fused-ring (bicyclic) bond motifs is 3. The highest BCUT2D eigenvalue weighted by molar-refractivity contribution is 5.91. The maximum atomic E-state index is 13.3. The third-order valence-electron chi connectivity index (χ3n) is 9.28. The fraction of sp³-hybridized carbons (Fsp3) is 0.593. The largest absolute Gasteiger partial charge is 0.347 e. The number of hydrogen-bond donors (Lipinski definition) is 1. The van der Waals surface area contributed by atoms with Crippen LogP contribution in [0.2, 0.25) is 0 Å². The van der Waals surface area contributed by atoms with E-state index in [0.717, 1.165) is 45.2 Å². The number of piperazine rings is 1. The van der Waals surface area contributed by atoms with E-state index >= 15 is 0 Å². The molecule has 1 N–H and O–H groups in total. The van der Waals surface area contributed by atoms with Crippen LogP contribution in [0.25, 0.3) is 5.57 Å². The number of benzene rings is 1. The quantitative estimate of drug-likeness (QED) is 0.730. The van der Waals surface area contributed by atoms with Gasteiger partial charge in [-0.2, -0.15) is 0 Å². The summed E-state index contributed by atoms with van der Waals surface area (Å²) in [7, 11) is 0. The number of allylic oxidation sites excluding steroid dienone is 3. The summed E-state index contributed by atoms with van der Waals surface area (Å²) in [6, 6.07) is 6.90. The summed E-state index contributed by atoms with van der Waals surface area (Å²) in [6.45, 7) is 11.4. The molecule has 3 nitrogen and oxygen atoms in total. The summed E-state index contributed by atoms with van der Waals surface area (Å²) in [5.74, 6) is 0.851. The van der Waals surface area contributed by atoms with Crippen LogP contribution in [0, 0.1) is 11.3 Å². The fourth-order valence-corrected chi connectivity index (χ4v) is 7.79. The third kappa shape index (κ3) is 2.22. The Balaban J connectivity index is 1.45. The number of amides is 1. The van der Waals surface area contributed by atoms with Crippen molar-refractivity contribution in [2.45, 2.75) is 77.3 Å². The molecule has 4 fully saturated rings. The van der Waals surface area contributed by atoms with Crippen LogP contribution in [0.5, 0.6) is 0 Å². The first kappa shape index (κ1) is 18.9. The van der Waals surface area contributed by atoms with Crippen LogP contribution in [0.3, 0.4) is 0 Å². The lowest BCUT2D eigenvalue weighted by molar-refractivity contribution is -0.161. The molecule has 3 atom stereocenters. The number of hydrogen-bond acceptors (Lipinski definition) is 2. The highest BCUT2D eigenvalue weighted by atomic mass is 16.2. The van der Waals surface area contributed by atoms with E-state index in [2.05, 4.69) is 62.2 Å². The Morgan fingerprint density at radius 1 is 1.30 bits per heavy atom. The van der Waals surface area contributed by atoms with E-state index in [9.17, 15) is 4.79 Å². The van der Waals surface area contributed by atoms with Gasteiger partial charge >= 0.3 is 0 Å². The van der Waals surface area contributed by atoms with Gasteiger partial charge in [-0.25, -0.2) is 0 Å². The minimum Gasteiger partial charge on any atom is -0.347 e. The van der Waals surface area contributed by atoms with Gasteiger partial charge in [-0.3, -0.25) is 9.69 Å². The highest BCUT2D eigenvalue weighted by Crippen LogP contribution is 2.63. The van der Waals surface area contributed by atoms with Crippen molar-refractivity contribution in [3.05, 3.63) is 52.1 Å². The Bertz CT molecular complexity index is 1030. The van der Waals surface area contributed by atoms with Gasteiger partial charge in [-0.15, -0.1) is 0 Å². The zero-order valence-electron chi connectivity index (χ0n) is 18.9. The van der Waals surface area contributed by atoms with E-state index in [1.807, 2.05) is 0 Å². The summed E-state index contributed by atoms with van der Waals surface area (Å²) in [5.41, 5.74) is 8.87. The molecule has 1 amide bonds. The van der Waals surface area contributed by atoms with E-state index in [1.165, 1.54) is 23.1 Å². The van der Waals surface area contributed by atoms with Crippen molar-refractivity contribution in [2.75, 3.05) is 13.1 Å². The maximum Gasteiger partial charge on any atom is 0.241 e. The molecule has 30 heavy (non-hydrogen) atoms. The van der Waals surface area contributed by atoms with Gasteiger partial charge in [0.05, 0.1) is 5.54 Å². The molecule has 1 aromatic carbocycles. The Morgan fingerprint density at radius 3 is 2.93 bits per heavy atom. The lowest BCUT2D eigenvalue weighted by Crippen LogP contribution is -2.81. The molecule has 0 aromatic heterocycles. The number of carbonyl (C=O) groups excluding carboxylic acids is 1. The first-order chi connectivity index (χ1) is 14.3. The second kappa shape index (κ2) is 5.88.